The predicted molar refractivity (Wildman–Crippen MR) is 102 cm³/mol. The lowest BCUT2D eigenvalue weighted by atomic mass is 10.2. The Morgan fingerprint density at radius 1 is 1.15 bits per heavy atom. The summed E-state index contributed by atoms with van der Waals surface area (Å²) < 4.78 is 1.95. The number of amides is 1. The molecule has 0 saturated carbocycles. The normalized spacial score (nSPS) is 10.6. The maximum atomic E-state index is 12.4. The fourth-order valence-corrected chi connectivity index (χ4v) is 3.63. The number of carbonyl (C=O) groups excluding carboxylic acids is 1. The molecule has 0 radical (unpaired) electrons. The van der Waals surface area contributed by atoms with E-state index in [1.54, 1.807) is 24.3 Å². The number of benzene rings is 2. The first kappa shape index (κ1) is 16.1. The number of imidazole rings is 1. The topological polar surface area (TPSA) is 70.2 Å². The van der Waals surface area contributed by atoms with Crippen LogP contribution in [-0.2, 0) is 11.2 Å². The fraction of sp³-hybridized carbons (Fsp3) is 0.0500. The first-order valence-corrected chi connectivity index (χ1v) is 8.92. The Morgan fingerprint density at radius 3 is 2.73 bits per heavy atom. The van der Waals surface area contributed by atoms with Crippen LogP contribution in [0, 0.1) is 11.3 Å². The summed E-state index contributed by atoms with van der Waals surface area (Å²) in [4.78, 5) is 17.9. The largest absolute Gasteiger partial charge is 0.325 e. The smallest absolute Gasteiger partial charge is 0.230 e. The number of thiazole rings is 1. The summed E-state index contributed by atoms with van der Waals surface area (Å²) in [5.74, 6) is -0.164. The van der Waals surface area contributed by atoms with Gasteiger partial charge in [-0.1, -0.05) is 42.5 Å². The van der Waals surface area contributed by atoms with E-state index in [1.807, 2.05) is 46.3 Å². The van der Waals surface area contributed by atoms with E-state index in [4.69, 9.17) is 5.26 Å². The molecule has 126 valence electrons. The van der Waals surface area contributed by atoms with Crippen molar-refractivity contribution in [3.05, 3.63) is 77.4 Å². The molecule has 4 rings (SSSR count). The third kappa shape index (κ3) is 3.08. The lowest BCUT2D eigenvalue weighted by Gasteiger charge is -2.06. The number of anilines is 1. The van der Waals surface area contributed by atoms with E-state index in [1.165, 1.54) is 11.3 Å². The van der Waals surface area contributed by atoms with Gasteiger partial charge in [-0.3, -0.25) is 9.20 Å². The van der Waals surface area contributed by atoms with E-state index in [9.17, 15) is 4.79 Å². The molecule has 0 saturated heterocycles. The summed E-state index contributed by atoms with van der Waals surface area (Å²) in [7, 11) is 0. The molecular weight excluding hydrogens is 344 g/mol. The number of nitrogens with one attached hydrogen (secondary N) is 1. The van der Waals surface area contributed by atoms with Crippen LogP contribution in [0.15, 0.2) is 66.2 Å². The molecule has 0 aliphatic heterocycles. The number of nitriles is 1. The van der Waals surface area contributed by atoms with Crippen LogP contribution in [0.5, 0.6) is 0 Å². The minimum atomic E-state index is -0.164. The minimum absolute atomic E-state index is 0.164. The van der Waals surface area contributed by atoms with Crippen LogP contribution in [0.2, 0.25) is 0 Å². The van der Waals surface area contributed by atoms with Gasteiger partial charge in [-0.05, 0) is 12.1 Å². The van der Waals surface area contributed by atoms with Gasteiger partial charge in [0, 0.05) is 22.8 Å². The summed E-state index contributed by atoms with van der Waals surface area (Å²) in [5.41, 5.74) is 3.77. The van der Waals surface area contributed by atoms with E-state index in [-0.39, 0.29) is 12.3 Å². The first-order chi connectivity index (χ1) is 12.7. The molecule has 6 heteroatoms. The summed E-state index contributed by atoms with van der Waals surface area (Å²) >= 11 is 1.50. The highest BCUT2D eigenvalue weighted by atomic mass is 32.1. The molecule has 2 aromatic heterocycles. The zero-order chi connectivity index (χ0) is 17.9. The average molecular weight is 358 g/mol. The third-order valence-corrected chi connectivity index (χ3v) is 4.90. The van der Waals surface area contributed by atoms with Crippen LogP contribution in [-0.4, -0.2) is 15.3 Å². The Labute approximate surface area is 154 Å². The SMILES string of the molecule is N#Cc1ccccc1NC(=O)Cc1csc2nc(-c3ccccc3)cn12. The molecule has 0 atom stereocenters. The second-order valence-corrected chi connectivity index (χ2v) is 6.59. The number of carbonyl (C=O) groups is 1. The quantitative estimate of drug-likeness (QED) is 0.597. The molecule has 0 bridgehead atoms. The molecule has 5 nitrogen and oxygen atoms in total. The van der Waals surface area contributed by atoms with Crippen molar-refractivity contribution in [1.29, 1.82) is 5.26 Å². The van der Waals surface area contributed by atoms with Crippen molar-refractivity contribution in [2.75, 3.05) is 5.32 Å². The van der Waals surface area contributed by atoms with Gasteiger partial charge in [0.05, 0.1) is 23.4 Å². The molecule has 0 fully saturated rings. The maximum absolute atomic E-state index is 12.4. The molecule has 1 N–H and O–H groups in total. The van der Waals surface area contributed by atoms with Gasteiger partial charge in [0.1, 0.15) is 6.07 Å². The van der Waals surface area contributed by atoms with Crippen molar-refractivity contribution >= 4 is 27.9 Å². The molecule has 1 amide bonds. The molecule has 26 heavy (non-hydrogen) atoms. The van der Waals surface area contributed by atoms with Gasteiger partial charge in [-0.2, -0.15) is 5.26 Å². The summed E-state index contributed by atoms with van der Waals surface area (Å²) in [6.45, 7) is 0. The van der Waals surface area contributed by atoms with E-state index >= 15 is 0 Å². The van der Waals surface area contributed by atoms with Crippen LogP contribution in [0.25, 0.3) is 16.2 Å². The van der Waals surface area contributed by atoms with Gasteiger partial charge in [0.25, 0.3) is 0 Å². The number of rotatable bonds is 4. The van der Waals surface area contributed by atoms with E-state index in [0.29, 0.717) is 11.3 Å². The van der Waals surface area contributed by atoms with Crippen LogP contribution in [0.3, 0.4) is 0 Å². The molecule has 0 aliphatic carbocycles. The zero-order valence-corrected chi connectivity index (χ0v) is 14.5. The molecule has 0 spiro atoms. The number of hydrogen-bond donors (Lipinski definition) is 1. The van der Waals surface area contributed by atoms with Gasteiger partial charge in [-0.15, -0.1) is 11.3 Å². The monoisotopic (exact) mass is 358 g/mol. The van der Waals surface area contributed by atoms with Gasteiger partial charge >= 0.3 is 0 Å². The second-order valence-electron chi connectivity index (χ2n) is 5.75. The van der Waals surface area contributed by atoms with Crippen molar-refractivity contribution in [1.82, 2.24) is 9.38 Å². The minimum Gasteiger partial charge on any atom is -0.325 e. The molecule has 2 aromatic carbocycles. The number of para-hydroxylation sites is 1. The van der Waals surface area contributed by atoms with Gasteiger partial charge < -0.3 is 5.32 Å². The van der Waals surface area contributed by atoms with E-state index in [0.717, 1.165) is 21.9 Å². The highest BCUT2D eigenvalue weighted by Gasteiger charge is 2.13. The van der Waals surface area contributed by atoms with Crippen molar-refractivity contribution in [3.8, 4) is 17.3 Å². The Hall–Kier alpha value is -3.43. The number of hydrogen-bond acceptors (Lipinski definition) is 4. The standard InChI is InChI=1S/C20H14N4OS/c21-11-15-8-4-5-9-17(15)22-19(25)10-16-13-26-20-23-18(12-24(16)20)14-6-2-1-3-7-14/h1-9,12-13H,10H2,(H,22,25). The average Bonchev–Trinajstić information content (AvgIpc) is 3.25. The molecular formula is C20H14N4OS. The van der Waals surface area contributed by atoms with Crippen molar-refractivity contribution in [3.63, 3.8) is 0 Å². The Morgan fingerprint density at radius 2 is 1.92 bits per heavy atom. The molecule has 2 heterocycles. The van der Waals surface area contributed by atoms with Crippen molar-refractivity contribution < 1.29 is 4.79 Å². The van der Waals surface area contributed by atoms with Crippen LogP contribution in [0.4, 0.5) is 5.69 Å². The van der Waals surface area contributed by atoms with Crippen molar-refractivity contribution in [2.24, 2.45) is 0 Å². The Bertz CT molecular complexity index is 1120. The highest BCUT2D eigenvalue weighted by molar-refractivity contribution is 7.15. The van der Waals surface area contributed by atoms with Crippen LogP contribution in [0.1, 0.15) is 11.3 Å². The van der Waals surface area contributed by atoms with Crippen molar-refractivity contribution in [2.45, 2.75) is 6.42 Å². The lowest BCUT2D eigenvalue weighted by Crippen LogP contribution is -2.16. The second kappa shape index (κ2) is 6.82. The third-order valence-electron chi connectivity index (χ3n) is 4.02. The lowest BCUT2D eigenvalue weighted by molar-refractivity contribution is -0.115. The van der Waals surface area contributed by atoms with Gasteiger partial charge in [0.15, 0.2) is 4.96 Å². The van der Waals surface area contributed by atoms with E-state index in [2.05, 4.69) is 16.4 Å². The number of fused-ring (bicyclic) bond motifs is 1. The summed E-state index contributed by atoms with van der Waals surface area (Å²) in [6.07, 6.45) is 2.16. The van der Waals surface area contributed by atoms with Crippen LogP contribution >= 0.6 is 11.3 Å². The molecule has 0 aliphatic rings. The van der Waals surface area contributed by atoms with E-state index < -0.39 is 0 Å². The number of nitrogens with zero attached hydrogens (tertiary/aromatic N) is 3. The zero-order valence-electron chi connectivity index (χ0n) is 13.7. The Kier molecular flexibility index (Phi) is 4.22. The summed E-state index contributed by atoms with van der Waals surface area (Å²) in [5, 5.41) is 13.9. The first-order valence-electron chi connectivity index (χ1n) is 8.04. The fourth-order valence-electron chi connectivity index (χ4n) is 2.75. The Balaban J connectivity index is 1.57. The van der Waals surface area contributed by atoms with Gasteiger partial charge in [-0.25, -0.2) is 4.98 Å². The maximum Gasteiger partial charge on any atom is 0.230 e. The summed E-state index contributed by atoms with van der Waals surface area (Å²) in [6, 6.07) is 19.0. The number of aromatic nitrogens is 2. The van der Waals surface area contributed by atoms with Crippen LogP contribution < -0.4 is 5.32 Å². The predicted octanol–water partition coefficient (Wildman–Crippen LogP) is 4.12. The van der Waals surface area contributed by atoms with Gasteiger partial charge in [0.2, 0.25) is 5.91 Å². The highest BCUT2D eigenvalue weighted by Crippen LogP contribution is 2.24. The molecule has 4 aromatic rings. The molecule has 0 unspecified atom stereocenters.